The standard InChI is InChI=1S/C16H13NO3S/c18-16(15-8-17-9-21-15)19-10-5-6-14-12(7-10)11-3-1-2-4-13(11)20-14/h5-9H,1-4H2. The van der Waals surface area contributed by atoms with Crippen molar-refractivity contribution in [1.29, 1.82) is 0 Å². The average molecular weight is 299 g/mol. The van der Waals surface area contributed by atoms with Crippen molar-refractivity contribution in [2.75, 3.05) is 0 Å². The molecule has 2 heterocycles. The molecule has 5 heteroatoms. The lowest BCUT2D eigenvalue weighted by molar-refractivity contribution is 0.0740. The van der Waals surface area contributed by atoms with E-state index in [1.54, 1.807) is 11.6 Å². The monoisotopic (exact) mass is 299 g/mol. The first kappa shape index (κ1) is 12.6. The number of aryl methyl sites for hydroxylation is 2. The Hall–Kier alpha value is -2.14. The predicted octanol–water partition coefficient (Wildman–Crippen LogP) is 3.99. The number of benzene rings is 1. The number of thiazole rings is 1. The van der Waals surface area contributed by atoms with E-state index >= 15 is 0 Å². The van der Waals surface area contributed by atoms with Gasteiger partial charge in [-0.05, 0) is 37.5 Å². The minimum atomic E-state index is -0.366. The van der Waals surface area contributed by atoms with E-state index in [1.807, 2.05) is 12.1 Å². The van der Waals surface area contributed by atoms with Crippen molar-refractivity contribution in [1.82, 2.24) is 4.98 Å². The molecule has 0 amide bonds. The van der Waals surface area contributed by atoms with Crippen LogP contribution in [-0.4, -0.2) is 11.0 Å². The molecule has 0 fully saturated rings. The SMILES string of the molecule is O=C(Oc1ccc2oc3c(c2c1)CCCC3)c1cncs1. The second-order valence-corrected chi connectivity index (χ2v) is 6.01. The fraction of sp³-hybridized carbons (Fsp3) is 0.250. The summed E-state index contributed by atoms with van der Waals surface area (Å²) in [5.74, 6) is 1.27. The van der Waals surface area contributed by atoms with Crippen LogP contribution < -0.4 is 4.74 Å². The third-order valence-corrected chi connectivity index (χ3v) is 4.52. The number of esters is 1. The van der Waals surface area contributed by atoms with Crippen molar-refractivity contribution in [3.8, 4) is 5.75 Å². The zero-order valence-electron chi connectivity index (χ0n) is 11.3. The lowest BCUT2D eigenvalue weighted by Gasteiger charge is -2.08. The van der Waals surface area contributed by atoms with E-state index in [1.165, 1.54) is 35.9 Å². The summed E-state index contributed by atoms with van der Waals surface area (Å²) in [5, 5.41) is 1.07. The number of rotatable bonds is 2. The molecule has 1 aromatic carbocycles. The van der Waals surface area contributed by atoms with Crippen LogP contribution in [0, 0.1) is 0 Å². The third-order valence-electron chi connectivity index (χ3n) is 3.77. The molecule has 0 radical (unpaired) electrons. The van der Waals surface area contributed by atoms with Gasteiger partial charge in [-0.2, -0.15) is 0 Å². The van der Waals surface area contributed by atoms with E-state index in [2.05, 4.69) is 4.98 Å². The first-order valence-electron chi connectivity index (χ1n) is 6.96. The molecule has 0 bridgehead atoms. The van der Waals surface area contributed by atoms with E-state index in [9.17, 15) is 4.79 Å². The highest BCUT2D eigenvalue weighted by atomic mass is 32.1. The second kappa shape index (κ2) is 5.00. The molecule has 106 valence electrons. The molecule has 0 spiro atoms. The summed E-state index contributed by atoms with van der Waals surface area (Å²) in [6, 6.07) is 5.56. The van der Waals surface area contributed by atoms with Crippen molar-refractivity contribution in [2.24, 2.45) is 0 Å². The maximum absolute atomic E-state index is 12.0. The number of aromatic nitrogens is 1. The van der Waals surface area contributed by atoms with Gasteiger partial charge in [0.15, 0.2) is 0 Å². The van der Waals surface area contributed by atoms with Gasteiger partial charge >= 0.3 is 5.97 Å². The van der Waals surface area contributed by atoms with Gasteiger partial charge in [-0.15, -0.1) is 11.3 Å². The number of nitrogens with zero attached hydrogens (tertiary/aromatic N) is 1. The molecule has 0 saturated heterocycles. The first-order valence-corrected chi connectivity index (χ1v) is 7.84. The molecule has 0 saturated carbocycles. The number of furan rings is 1. The van der Waals surface area contributed by atoms with Crippen molar-refractivity contribution >= 4 is 28.3 Å². The Morgan fingerprint density at radius 2 is 2.19 bits per heavy atom. The minimum Gasteiger partial charge on any atom is -0.461 e. The van der Waals surface area contributed by atoms with Gasteiger partial charge in [0.05, 0.1) is 11.7 Å². The molecule has 0 atom stereocenters. The Morgan fingerprint density at radius 1 is 1.29 bits per heavy atom. The topological polar surface area (TPSA) is 52.3 Å². The highest BCUT2D eigenvalue weighted by Gasteiger charge is 2.19. The van der Waals surface area contributed by atoms with E-state index in [0.717, 1.165) is 29.6 Å². The third kappa shape index (κ3) is 2.23. The summed E-state index contributed by atoms with van der Waals surface area (Å²) in [6.07, 6.45) is 5.92. The largest absolute Gasteiger partial charge is 0.461 e. The Kier molecular flexibility index (Phi) is 3.00. The number of fused-ring (bicyclic) bond motifs is 3. The van der Waals surface area contributed by atoms with Gasteiger partial charge in [0.2, 0.25) is 0 Å². The van der Waals surface area contributed by atoms with E-state index in [4.69, 9.17) is 9.15 Å². The number of hydrogen-bond donors (Lipinski definition) is 0. The van der Waals surface area contributed by atoms with E-state index in [0.29, 0.717) is 10.6 Å². The Morgan fingerprint density at radius 3 is 3.05 bits per heavy atom. The van der Waals surface area contributed by atoms with Crippen LogP contribution in [0.15, 0.2) is 34.3 Å². The molecular weight excluding hydrogens is 286 g/mol. The Labute approximate surface area is 125 Å². The van der Waals surface area contributed by atoms with Crippen molar-refractivity contribution in [2.45, 2.75) is 25.7 Å². The van der Waals surface area contributed by atoms with Gasteiger partial charge in [0.1, 0.15) is 22.0 Å². The van der Waals surface area contributed by atoms with Crippen LogP contribution in [-0.2, 0) is 12.8 Å². The minimum absolute atomic E-state index is 0.366. The van der Waals surface area contributed by atoms with Gasteiger partial charge in [-0.25, -0.2) is 4.79 Å². The number of ether oxygens (including phenoxy) is 1. The molecular formula is C16H13NO3S. The predicted molar refractivity (Wildman–Crippen MR) is 79.9 cm³/mol. The van der Waals surface area contributed by atoms with Crippen LogP contribution in [0.2, 0.25) is 0 Å². The summed E-state index contributed by atoms with van der Waals surface area (Å²) in [6.45, 7) is 0. The molecule has 1 aliphatic carbocycles. The normalized spacial score (nSPS) is 14.1. The molecule has 0 aliphatic heterocycles. The van der Waals surface area contributed by atoms with E-state index < -0.39 is 0 Å². The van der Waals surface area contributed by atoms with Gasteiger partial charge in [-0.1, -0.05) is 0 Å². The molecule has 4 rings (SSSR count). The maximum Gasteiger partial charge on any atom is 0.355 e. The molecule has 0 unspecified atom stereocenters. The smallest absolute Gasteiger partial charge is 0.355 e. The molecule has 1 aliphatic rings. The van der Waals surface area contributed by atoms with Crippen LogP contribution in [0.5, 0.6) is 5.75 Å². The molecule has 21 heavy (non-hydrogen) atoms. The quantitative estimate of drug-likeness (QED) is 0.530. The number of carbonyl (C=O) groups is 1. The van der Waals surface area contributed by atoms with Gasteiger partial charge in [-0.3, -0.25) is 4.98 Å². The van der Waals surface area contributed by atoms with Crippen LogP contribution in [0.25, 0.3) is 11.0 Å². The lowest BCUT2D eigenvalue weighted by atomic mass is 9.96. The van der Waals surface area contributed by atoms with Crippen molar-refractivity contribution < 1.29 is 13.9 Å². The summed E-state index contributed by atoms with van der Waals surface area (Å²) >= 11 is 1.27. The van der Waals surface area contributed by atoms with Gasteiger partial charge < -0.3 is 9.15 Å². The molecule has 4 nitrogen and oxygen atoms in total. The Balaban J connectivity index is 1.68. The Bertz CT molecular complexity index is 804. The van der Waals surface area contributed by atoms with Crippen molar-refractivity contribution in [3.05, 3.63) is 46.1 Å². The average Bonchev–Trinajstić information content (AvgIpc) is 3.14. The molecule has 2 aromatic heterocycles. The maximum atomic E-state index is 12.0. The summed E-state index contributed by atoms with van der Waals surface area (Å²) in [4.78, 5) is 16.4. The van der Waals surface area contributed by atoms with Crippen LogP contribution in [0.4, 0.5) is 0 Å². The van der Waals surface area contributed by atoms with Crippen LogP contribution in [0.1, 0.15) is 33.8 Å². The zero-order chi connectivity index (χ0) is 14.2. The van der Waals surface area contributed by atoms with E-state index in [-0.39, 0.29) is 5.97 Å². The lowest BCUT2D eigenvalue weighted by Crippen LogP contribution is -2.06. The fourth-order valence-corrected chi connectivity index (χ4v) is 3.27. The highest BCUT2D eigenvalue weighted by Crippen LogP contribution is 2.34. The zero-order valence-corrected chi connectivity index (χ0v) is 12.1. The summed E-state index contributed by atoms with van der Waals surface area (Å²) < 4.78 is 11.3. The van der Waals surface area contributed by atoms with Crippen LogP contribution >= 0.6 is 11.3 Å². The van der Waals surface area contributed by atoms with Gasteiger partial charge in [0.25, 0.3) is 0 Å². The molecule has 3 aromatic rings. The second-order valence-electron chi connectivity index (χ2n) is 5.12. The highest BCUT2D eigenvalue weighted by molar-refractivity contribution is 7.11. The van der Waals surface area contributed by atoms with Gasteiger partial charge in [0, 0.05) is 17.4 Å². The number of hydrogen-bond acceptors (Lipinski definition) is 5. The fourth-order valence-electron chi connectivity index (χ4n) is 2.78. The van der Waals surface area contributed by atoms with Crippen LogP contribution in [0.3, 0.4) is 0 Å². The number of carbonyl (C=O) groups excluding carboxylic acids is 1. The summed E-state index contributed by atoms with van der Waals surface area (Å²) in [5.41, 5.74) is 3.76. The van der Waals surface area contributed by atoms with Crippen molar-refractivity contribution in [3.63, 3.8) is 0 Å². The summed E-state index contributed by atoms with van der Waals surface area (Å²) in [7, 11) is 0. The first-order chi connectivity index (χ1) is 10.3. The molecule has 0 N–H and O–H groups in total.